The summed E-state index contributed by atoms with van der Waals surface area (Å²) in [4.78, 5) is 26.0. The molecule has 2 aromatic rings. The Kier molecular flexibility index (Phi) is 6.22. The van der Waals surface area contributed by atoms with Gasteiger partial charge in [-0.2, -0.15) is 0 Å². The van der Waals surface area contributed by atoms with Gasteiger partial charge >= 0.3 is 0 Å². The molecule has 1 aliphatic rings. The Bertz CT molecular complexity index is 726. The van der Waals surface area contributed by atoms with E-state index in [1.165, 1.54) is 0 Å². The summed E-state index contributed by atoms with van der Waals surface area (Å²) in [6.45, 7) is 3.45. The number of piperazine rings is 1. The fourth-order valence-electron chi connectivity index (χ4n) is 2.73. The van der Waals surface area contributed by atoms with Gasteiger partial charge in [0.2, 0.25) is 5.91 Å². The lowest BCUT2D eigenvalue weighted by Crippen LogP contribution is -2.49. The van der Waals surface area contributed by atoms with E-state index in [4.69, 9.17) is 4.74 Å². The molecule has 0 aromatic heterocycles. The van der Waals surface area contributed by atoms with Crippen molar-refractivity contribution in [2.75, 3.05) is 32.7 Å². The maximum atomic E-state index is 12.2. The molecule has 2 aromatic carbocycles. The van der Waals surface area contributed by atoms with Gasteiger partial charge in [-0.25, -0.2) is 0 Å². The van der Waals surface area contributed by atoms with Gasteiger partial charge in [0.1, 0.15) is 12.4 Å². The van der Waals surface area contributed by atoms with Crippen LogP contribution in [0.5, 0.6) is 5.75 Å². The number of amides is 2. The summed E-state index contributed by atoms with van der Waals surface area (Å²) >= 11 is 0. The highest BCUT2D eigenvalue weighted by molar-refractivity contribution is 5.96. The topological polar surface area (TPSA) is 70.7 Å². The van der Waals surface area contributed by atoms with Gasteiger partial charge < -0.3 is 20.3 Å². The molecule has 1 heterocycles. The van der Waals surface area contributed by atoms with Crippen LogP contribution < -0.4 is 15.4 Å². The quantitative estimate of drug-likeness (QED) is 0.824. The Balaban J connectivity index is 1.46. The lowest BCUT2D eigenvalue weighted by Gasteiger charge is -2.27. The Hall–Kier alpha value is -2.86. The molecule has 136 valence electrons. The van der Waals surface area contributed by atoms with Gasteiger partial charge in [-0.05, 0) is 29.8 Å². The number of nitrogens with zero attached hydrogens (tertiary/aromatic N) is 1. The van der Waals surface area contributed by atoms with Gasteiger partial charge in [-0.1, -0.05) is 30.3 Å². The number of rotatable bonds is 6. The Morgan fingerprint density at radius 2 is 1.69 bits per heavy atom. The molecule has 1 saturated heterocycles. The zero-order chi connectivity index (χ0) is 18.2. The molecule has 26 heavy (non-hydrogen) atoms. The molecule has 6 heteroatoms. The number of hydrogen-bond donors (Lipinski definition) is 2. The summed E-state index contributed by atoms with van der Waals surface area (Å²) in [7, 11) is 0. The first-order valence-electron chi connectivity index (χ1n) is 8.76. The van der Waals surface area contributed by atoms with E-state index >= 15 is 0 Å². The Morgan fingerprint density at radius 1 is 1.00 bits per heavy atom. The molecule has 2 amide bonds. The number of ether oxygens (including phenoxy) is 1. The van der Waals surface area contributed by atoms with Gasteiger partial charge in [0.15, 0.2) is 0 Å². The maximum Gasteiger partial charge on any atom is 0.251 e. The van der Waals surface area contributed by atoms with Crippen LogP contribution in [0.2, 0.25) is 0 Å². The number of carbonyl (C=O) groups excluding carboxylic acids is 2. The van der Waals surface area contributed by atoms with E-state index in [0.29, 0.717) is 31.0 Å². The van der Waals surface area contributed by atoms with Crippen LogP contribution in [0.1, 0.15) is 15.9 Å². The summed E-state index contributed by atoms with van der Waals surface area (Å²) in [5.74, 6) is 0.382. The van der Waals surface area contributed by atoms with Crippen LogP contribution >= 0.6 is 0 Å². The van der Waals surface area contributed by atoms with Crippen molar-refractivity contribution in [2.45, 2.75) is 6.61 Å². The zero-order valence-electron chi connectivity index (χ0n) is 14.6. The van der Waals surface area contributed by atoms with Crippen molar-refractivity contribution in [3.05, 3.63) is 65.7 Å². The summed E-state index contributed by atoms with van der Waals surface area (Å²) in [5.41, 5.74) is 1.59. The average Bonchev–Trinajstić information content (AvgIpc) is 2.72. The van der Waals surface area contributed by atoms with E-state index in [9.17, 15) is 9.59 Å². The van der Waals surface area contributed by atoms with Crippen LogP contribution in [0.15, 0.2) is 54.6 Å². The van der Waals surface area contributed by atoms with Gasteiger partial charge in [-0.15, -0.1) is 0 Å². The molecule has 1 aliphatic heterocycles. The van der Waals surface area contributed by atoms with Crippen LogP contribution in [0.25, 0.3) is 0 Å². The summed E-state index contributed by atoms with van der Waals surface area (Å²) in [6, 6.07) is 16.8. The second-order valence-corrected chi connectivity index (χ2v) is 6.11. The lowest BCUT2D eigenvalue weighted by atomic mass is 10.2. The highest BCUT2D eigenvalue weighted by Crippen LogP contribution is 2.14. The predicted octanol–water partition coefficient (Wildman–Crippen LogP) is 1.43. The first-order chi connectivity index (χ1) is 12.7. The van der Waals surface area contributed by atoms with Crippen molar-refractivity contribution >= 4 is 11.8 Å². The fraction of sp³-hybridized carbons (Fsp3) is 0.300. The van der Waals surface area contributed by atoms with Crippen LogP contribution in [0, 0.1) is 0 Å². The van der Waals surface area contributed by atoms with Gasteiger partial charge in [0.25, 0.3) is 5.91 Å². The van der Waals surface area contributed by atoms with E-state index in [1.54, 1.807) is 29.2 Å². The fourth-order valence-corrected chi connectivity index (χ4v) is 2.73. The Morgan fingerprint density at radius 3 is 2.38 bits per heavy atom. The molecule has 0 saturated carbocycles. The molecule has 1 fully saturated rings. The van der Waals surface area contributed by atoms with E-state index < -0.39 is 0 Å². The zero-order valence-corrected chi connectivity index (χ0v) is 14.6. The smallest absolute Gasteiger partial charge is 0.251 e. The average molecular weight is 353 g/mol. The van der Waals surface area contributed by atoms with E-state index in [2.05, 4.69) is 10.6 Å². The second-order valence-electron chi connectivity index (χ2n) is 6.11. The highest BCUT2D eigenvalue weighted by Gasteiger charge is 2.17. The predicted molar refractivity (Wildman–Crippen MR) is 99.0 cm³/mol. The minimum absolute atomic E-state index is 0.0189. The largest absolute Gasteiger partial charge is 0.489 e. The molecule has 0 aliphatic carbocycles. The van der Waals surface area contributed by atoms with Gasteiger partial charge in [-0.3, -0.25) is 9.59 Å². The standard InChI is InChI=1S/C20H23N3O3/c24-19(23-12-10-21-11-13-23)14-22-20(25)17-6-8-18(9-7-17)26-15-16-4-2-1-3-5-16/h1-9,21H,10-15H2,(H,22,25). The third kappa shape index (κ3) is 5.07. The lowest BCUT2D eigenvalue weighted by molar-refractivity contribution is -0.130. The molecule has 6 nitrogen and oxygen atoms in total. The van der Waals surface area contributed by atoms with Crippen molar-refractivity contribution in [2.24, 2.45) is 0 Å². The van der Waals surface area contributed by atoms with Gasteiger partial charge in [0, 0.05) is 31.7 Å². The minimum Gasteiger partial charge on any atom is -0.489 e. The number of benzene rings is 2. The van der Waals surface area contributed by atoms with Crippen molar-refractivity contribution in [1.82, 2.24) is 15.5 Å². The van der Waals surface area contributed by atoms with Crippen molar-refractivity contribution in [3.63, 3.8) is 0 Å². The first kappa shape index (κ1) is 17.9. The molecule has 0 atom stereocenters. The monoisotopic (exact) mass is 353 g/mol. The van der Waals surface area contributed by atoms with E-state index in [-0.39, 0.29) is 18.4 Å². The summed E-state index contributed by atoms with van der Waals surface area (Å²) < 4.78 is 5.71. The molecule has 0 bridgehead atoms. The van der Waals surface area contributed by atoms with Crippen molar-refractivity contribution < 1.29 is 14.3 Å². The van der Waals surface area contributed by atoms with Crippen LogP contribution in [-0.2, 0) is 11.4 Å². The number of nitrogens with one attached hydrogen (secondary N) is 2. The first-order valence-corrected chi connectivity index (χ1v) is 8.76. The van der Waals surface area contributed by atoms with Crippen molar-refractivity contribution in [3.8, 4) is 5.75 Å². The van der Waals surface area contributed by atoms with Crippen molar-refractivity contribution in [1.29, 1.82) is 0 Å². The van der Waals surface area contributed by atoms with Crippen LogP contribution in [0.3, 0.4) is 0 Å². The summed E-state index contributed by atoms with van der Waals surface area (Å²) in [5, 5.41) is 5.88. The molecule has 0 spiro atoms. The maximum absolute atomic E-state index is 12.2. The molecule has 0 unspecified atom stereocenters. The summed E-state index contributed by atoms with van der Waals surface area (Å²) in [6.07, 6.45) is 0. The highest BCUT2D eigenvalue weighted by atomic mass is 16.5. The van der Waals surface area contributed by atoms with E-state index in [0.717, 1.165) is 18.7 Å². The molecule has 0 radical (unpaired) electrons. The second kappa shape index (κ2) is 9.01. The molecular weight excluding hydrogens is 330 g/mol. The van der Waals surface area contributed by atoms with Crippen LogP contribution in [-0.4, -0.2) is 49.4 Å². The van der Waals surface area contributed by atoms with E-state index in [1.807, 2.05) is 30.3 Å². The third-order valence-electron chi connectivity index (χ3n) is 4.23. The normalized spacial score (nSPS) is 13.9. The third-order valence-corrected chi connectivity index (χ3v) is 4.23. The molecule has 2 N–H and O–H groups in total. The van der Waals surface area contributed by atoms with Crippen LogP contribution in [0.4, 0.5) is 0 Å². The molecular formula is C20H23N3O3. The number of hydrogen-bond acceptors (Lipinski definition) is 4. The minimum atomic E-state index is -0.261. The molecule has 3 rings (SSSR count). The Labute approximate surface area is 153 Å². The SMILES string of the molecule is O=C(NCC(=O)N1CCNCC1)c1ccc(OCc2ccccc2)cc1. The number of carbonyl (C=O) groups is 2. The van der Waals surface area contributed by atoms with Gasteiger partial charge in [0.05, 0.1) is 6.54 Å².